The fourth-order valence-electron chi connectivity index (χ4n) is 6.11. The summed E-state index contributed by atoms with van der Waals surface area (Å²) in [5.41, 5.74) is 4.92. The summed E-state index contributed by atoms with van der Waals surface area (Å²) in [7, 11) is 0. The van der Waals surface area contributed by atoms with Crippen LogP contribution in [0.4, 0.5) is 0 Å². The molecule has 2 aromatic rings. The highest BCUT2D eigenvalue weighted by molar-refractivity contribution is 7.09. The van der Waals surface area contributed by atoms with Crippen LogP contribution in [-0.4, -0.2) is 34.5 Å². The Balaban J connectivity index is 1.33. The number of thiophene rings is 1. The van der Waals surface area contributed by atoms with Gasteiger partial charge < -0.3 is 9.84 Å². The molecule has 0 spiro atoms. The van der Waals surface area contributed by atoms with Gasteiger partial charge in [0, 0.05) is 10.8 Å². The topological polar surface area (TPSA) is 66.8 Å². The van der Waals surface area contributed by atoms with Crippen molar-refractivity contribution < 1.29 is 19.4 Å². The molecule has 2 saturated heterocycles. The van der Waals surface area contributed by atoms with Crippen molar-refractivity contribution in [2.45, 2.75) is 58.6 Å². The van der Waals surface area contributed by atoms with Crippen molar-refractivity contribution in [3.63, 3.8) is 0 Å². The summed E-state index contributed by atoms with van der Waals surface area (Å²) in [5.74, 6) is -0.276. The van der Waals surface area contributed by atoms with Crippen LogP contribution in [-0.2, 0) is 20.9 Å². The highest BCUT2D eigenvalue weighted by Crippen LogP contribution is 2.50. The van der Waals surface area contributed by atoms with Crippen molar-refractivity contribution in [1.82, 2.24) is 4.90 Å². The van der Waals surface area contributed by atoms with E-state index in [4.69, 9.17) is 4.74 Å². The van der Waals surface area contributed by atoms with E-state index in [2.05, 4.69) is 19.9 Å². The lowest BCUT2D eigenvalue weighted by molar-refractivity contribution is -0.140. The molecule has 0 saturated carbocycles. The van der Waals surface area contributed by atoms with Crippen molar-refractivity contribution >= 4 is 29.2 Å². The molecule has 2 fully saturated rings. The van der Waals surface area contributed by atoms with Gasteiger partial charge in [0.25, 0.3) is 0 Å². The fraction of sp³-hybridized carbons (Fsp3) is 0.448. The van der Waals surface area contributed by atoms with Crippen molar-refractivity contribution in [1.29, 1.82) is 0 Å². The lowest BCUT2D eigenvalue weighted by Crippen LogP contribution is -2.34. The maximum atomic E-state index is 13.5. The lowest BCUT2D eigenvalue weighted by atomic mass is 9.69. The van der Waals surface area contributed by atoms with Gasteiger partial charge in [-0.2, -0.15) is 0 Å². The van der Waals surface area contributed by atoms with Crippen molar-refractivity contribution in [2.75, 3.05) is 6.61 Å². The molecule has 3 aliphatic rings. The van der Waals surface area contributed by atoms with E-state index in [1.54, 1.807) is 23.5 Å². The monoisotopic (exact) mass is 491 g/mol. The lowest BCUT2D eigenvalue weighted by Gasteiger charge is -2.31. The number of rotatable bonds is 8. The third-order valence-corrected chi connectivity index (χ3v) is 8.70. The van der Waals surface area contributed by atoms with Gasteiger partial charge in [-0.1, -0.05) is 49.3 Å². The van der Waals surface area contributed by atoms with E-state index in [1.807, 2.05) is 29.6 Å². The Morgan fingerprint density at radius 1 is 1.17 bits per heavy atom. The van der Waals surface area contributed by atoms with Crippen molar-refractivity contribution in [2.24, 2.45) is 17.8 Å². The minimum absolute atomic E-state index is 0.00396. The van der Waals surface area contributed by atoms with Gasteiger partial charge in [0.2, 0.25) is 11.8 Å². The molecule has 184 valence electrons. The first-order valence-electron chi connectivity index (χ1n) is 12.7. The summed E-state index contributed by atoms with van der Waals surface area (Å²) in [6.07, 6.45) is 6.42. The average molecular weight is 492 g/mol. The number of fused-ring (bicyclic) bond motifs is 3. The van der Waals surface area contributed by atoms with Crippen LogP contribution in [0.1, 0.15) is 56.4 Å². The normalized spacial score (nSPS) is 26.5. The average Bonchev–Trinajstić information content (AvgIpc) is 3.58. The predicted molar refractivity (Wildman–Crippen MR) is 138 cm³/mol. The highest BCUT2D eigenvalue weighted by atomic mass is 32.1. The number of carbonyl (C=O) groups is 2. The van der Waals surface area contributed by atoms with Crippen LogP contribution in [0.15, 0.2) is 58.5 Å². The van der Waals surface area contributed by atoms with E-state index >= 15 is 0 Å². The summed E-state index contributed by atoms with van der Waals surface area (Å²) >= 11 is 1.58. The molecule has 6 heteroatoms. The number of ether oxygens (including phenoxy) is 1. The molecular weight excluding hydrogens is 458 g/mol. The third kappa shape index (κ3) is 4.62. The van der Waals surface area contributed by atoms with Crippen molar-refractivity contribution in [3.05, 3.63) is 68.9 Å². The van der Waals surface area contributed by atoms with Crippen LogP contribution in [0.25, 0.3) is 6.08 Å². The molecule has 0 bridgehead atoms. The number of aromatic hydroxyl groups is 1. The van der Waals surface area contributed by atoms with Crippen LogP contribution < -0.4 is 0 Å². The molecule has 5 rings (SSSR count). The van der Waals surface area contributed by atoms with E-state index < -0.39 is 0 Å². The molecule has 1 aromatic carbocycles. The van der Waals surface area contributed by atoms with Gasteiger partial charge in [-0.05, 0) is 66.8 Å². The number of benzene rings is 1. The number of phenolic OH excluding ortho intramolecular Hbond substituents is 1. The highest BCUT2D eigenvalue weighted by Gasteiger charge is 2.56. The molecule has 1 N–H and O–H groups in total. The number of carbonyl (C=O) groups excluding carboxylic acids is 2. The quantitative estimate of drug-likeness (QED) is 0.366. The molecule has 2 amide bonds. The van der Waals surface area contributed by atoms with Gasteiger partial charge in [-0.15, -0.1) is 11.3 Å². The Labute approximate surface area is 211 Å². The Morgan fingerprint density at radius 3 is 2.74 bits per heavy atom. The Morgan fingerprint density at radius 2 is 2.03 bits per heavy atom. The third-order valence-electron chi connectivity index (χ3n) is 7.84. The molecule has 5 nitrogen and oxygen atoms in total. The van der Waals surface area contributed by atoms with Crippen LogP contribution in [0.5, 0.6) is 5.75 Å². The second-order valence-electron chi connectivity index (χ2n) is 9.81. The SMILES string of the molecule is CCC1=C2[C@@H](CC/C(=C/c3cccc(O)c3)CC)OC[C@@H]2[C@@H]2C(=O)N(Cc3cccs3)C(=O)[C@@H]2C1. The number of hydrogen-bond acceptors (Lipinski definition) is 5. The number of nitrogens with zero attached hydrogens (tertiary/aromatic N) is 1. The Hall–Kier alpha value is -2.70. The van der Waals surface area contributed by atoms with Crippen molar-refractivity contribution in [3.8, 4) is 5.75 Å². The smallest absolute Gasteiger partial charge is 0.234 e. The number of hydrogen-bond donors (Lipinski definition) is 1. The van der Waals surface area contributed by atoms with E-state index in [-0.39, 0.29) is 41.4 Å². The summed E-state index contributed by atoms with van der Waals surface area (Å²) < 4.78 is 6.32. The number of amides is 2. The first kappa shape index (κ1) is 24.0. The zero-order valence-corrected chi connectivity index (χ0v) is 21.2. The van der Waals surface area contributed by atoms with Gasteiger partial charge in [0.1, 0.15) is 5.75 Å². The number of phenols is 1. The van der Waals surface area contributed by atoms with Crippen LogP contribution >= 0.6 is 11.3 Å². The van der Waals surface area contributed by atoms with E-state index in [0.29, 0.717) is 19.6 Å². The maximum absolute atomic E-state index is 13.5. The maximum Gasteiger partial charge on any atom is 0.234 e. The molecule has 1 aromatic heterocycles. The number of allylic oxidation sites excluding steroid dienone is 2. The van der Waals surface area contributed by atoms with Gasteiger partial charge in [0.15, 0.2) is 0 Å². The van der Waals surface area contributed by atoms with Gasteiger partial charge in [0.05, 0.1) is 31.1 Å². The predicted octanol–water partition coefficient (Wildman–Crippen LogP) is 5.95. The minimum atomic E-state index is -0.286. The van der Waals surface area contributed by atoms with E-state index in [1.165, 1.54) is 21.6 Å². The van der Waals surface area contributed by atoms with Gasteiger partial charge in [-0.3, -0.25) is 14.5 Å². The second kappa shape index (κ2) is 10.1. The zero-order chi connectivity index (χ0) is 24.5. The number of imide groups is 1. The summed E-state index contributed by atoms with van der Waals surface area (Å²) in [4.78, 5) is 29.3. The van der Waals surface area contributed by atoms with E-state index in [0.717, 1.165) is 36.1 Å². The summed E-state index contributed by atoms with van der Waals surface area (Å²) in [6, 6.07) is 11.3. The van der Waals surface area contributed by atoms with Crippen LogP contribution in [0.2, 0.25) is 0 Å². The van der Waals surface area contributed by atoms with Gasteiger partial charge >= 0.3 is 0 Å². The fourth-order valence-corrected chi connectivity index (χ4v) is 6.80. The molecule has 35 heavy (non-hydrogen) atoms. The second-order valence-corrected chi connectivity index (χ2v) is 10.8. The molecule has 0 unspecified atom stereocenters. The summed E-state index contributed by atoms with van der Waals surface area (Å²) in [5, 5.41) is 11.8. The first-order valence-corrected chi connectivity index (χ1v) is 13.6. The Bertz CT molecular complexity index is 1170. The number of likely N-dealkylation sites (tertiary alicyclic amines) is 1. The molecule has 3 heterocycles. The largest absolute Gasteiger partial charge is 0.508 e. The zero-order valence-electron chi connectivity index (χ0n) is 20.4. The molecular formula is C29H33NO4S. The summed E-state index contributed by atoms with van der Waals surface area (Å²) in [6.45, 7) is 5.21. The van der Waals surface area contributed by atoms with E-state index in [9.17, 15) is 14.7 Å². The standard InChI is InChI=1S/C29H33NO4S/c1-3-18(13-19-7-5-8-21(31)14-19)10-11-25-26-20(4-2)15-23-27(24(26)17-34-25)29(33)30(28(23)32)16-22-9-6-12-35-22/h5-9,12-14,23-25,27,31H,3-4,10-11,15-17H2,1-2H3/b18-13+/t23-,24+,25-,27-/m1/s1. The van der Waals surface area contributed by atoms with Gasteiger partial charge in [-0.25, -0.2) is 0 Å². The molecule has 2 aliphatic heterocycles. The Kier molecular flexibility index (Phi) is 6.94. The van der Waals surface area contributed by atoms with Crippen LogP contribution in [0, 0.1) is 17.8 Å². The molecule has 0 radical (unpaired) electrons. The molecule has 4 atom stereocenters. The molecule has 1 aliphatic carbocycles. The first-order chi connectivity index (χ1) is 17.0. The minimum Gasteiger partial charge on any atom is -0.508 e. The van der Waals surface area contributed by atoms with Crippen LogP contribution in [0.3, 0.4) is 0 Å².